The van der Waals surface area contributed by atoms with Crippen LogP contribution in [0.3, 0.4) is 0 Å². The Balaban J connectivity index is 1.48. The molecule has 3 aromatic rings. The van der Waals surface area contributed by atoms with Crippen LogP contribution < -0.4 is 11.0 Å². The number of carbonyl (C=O) groups excluding carboxylic acids is 1. The number of pyridine rings is 1. The van der Waals surface area contributed by atoms with Crippen LogP contribution in [0.1, 0.15) is 36.2 Å². The topological polar surface area (TPSA) is 81.8 Å². The third kappa shape index (κ3) is 4.27. The quantitative estimate of drug-likeness (QED) is 0.579. The first-order valence-corrected chi connectivity index (χ1v) is 10.8. The van der Waals surface area contributed by atoms with Gasteiger partial charge in [-0.15, -0.1) is 16.9 Å². The maximum atomic E-state index is 12.9. The van der Waals surface area contributed by atoms with E-state index in [0.717, 1.165) is 29.1 Å². The van der Waals surface area contributed by atoms with Crippen molar-refractivity contribution in [3.05, 3.63) is 64.8 Å². The summed E-state index contributed by atoms with van der Waals surface area (Å²) in [5.41, 5.74) is 1.35. The molecule has 7 nitrogen and oxygen atoms in total. The summed E-state index contributed by atoms with van der Waals surface area (Å²) < 4.78 is 3.19. The Morgan fingerprint density at radius 2 is 2.07 bits per heavy atom. The molecule has 150 valence electrons. The Hall–Kier alpha value is -2.87. The minimum absolute atomic E-state index is 0.135. The molecule has 2 aromatic heterocycles. The number of hydrogen-bond acceptors (Lipinski definition) is 5. The molecule has 0 aliphatic heterocycles. The fraction of sp³-hybridized carbons (Fsp3) is 0.333. The zero-order valence-electron chi connectivity index (χ0n) is 16.2. The maximum Gasteiger partial charge on any atom is 0.346 e. The molecule has 0 bridgehead atoms. The van der Waals surface area contributed by atoms with Crippen LogP contribution in [-0.2, 0) is 6.54 Å². The van der Waals surface area contributed by atoms with E-state index in [-0.39, 0.29) is 17.6 Å². The zero-order chi connectivity index (χ0) is 20.2. The Morgan fingerprint density at radius 3 is 2.79 bits per heavy atom. The largest absolute Gasteiger partial charge is 0.350 e. The number of benzene rings is 1. The molecular weight excluding hydrogens is 386 g/mol. The van der Waals surface area contributed by atoms with Crippen molar-refractivity contribution >= 4 is 17.7 Å². The molecule has 1 fully saturated rings. The number of thioether (sulfide) groups is 1. The van der Waals surface area contributed by atoms with Crippen LogP contribution in [0.15, 0.2) is 58.5 Å². The molecule has 2 heterocycles. The van der Waals surface area contributed by atoms with Gasteiger partial charge >= 0.3 is 5.69 Å². The lowest BCUT2D eigenvalue weighted by Crippen LogP contribution is -2.32. The van der Waals surface area contributed by atoms with Gasteiger partial charge in [0.2, 0.25) is 0 Å². The minimum atomic E-state index is -0.137. The molecule has 1 amide bonds. The Labute approximate surface area is 173 Å². The number of nitrogens with one attached hydrogen (secondary N) is 1. The van der Waals surface area contributed by atoms with Gasteiger partial charge in [0.25, 0.3) is 5.91 Å². The van der Waals surface area contributed by atoms with Crippen LogP contribution in [0.5, 0.6) is 0 Å². The van der Waals surface area contributed by atoms with Crippen molar-refractivity contribution in [2.24, 2.45) is 0 Å². The monoisotopic (exact) mass is 409 g/mol. The van der Waals surface area contributed by atoms with Gasteiger partial charge < -0.3 is 5.32 Å². The molecule has 29 heavy (non-hydrogen) atoms. The average molecular weight is 410 g/mol. The first-order chi connectivity index (χ1) is 14.2. The Morgan fingerprint density at radius 1 is 1.24 bits per heavy atom. The van der Waals surface area contributed by atoms with Crippen LogP contribution in [-0.4, -0.2) is 37.5 Å². The fourth-order valence-corrected chi connectivity index (χ4v) is 4.03. The van der Waals surface area contributed by atoms with Gasteiger partial charge in [-0.3, -0.25) is 14.3 Å². The Kier molecular flexibility index (Phi) is 5.80. The second-order valence-corrected chi connectivity index (χ2v) is 8.16. The van der Waals surface area contributed by atoms with Crippen LogP contribution in [0.25, 0.3) is 11.4 Å². The Bertz CT molecular complexity index is 1060. The standard InChI is InChI=1S/C21H23N5O2S/c1-2-29-18-8-4-3-7-17(18)20(27)23-12-13-25-21(28)26(16-9-10-16)19(24-25)15-6-5-11-22-14-15/h3-8,11,14,16H,2,9-10,12-13H2,1H3,(H,23,27). The summed E-state index contributed by atoms with van der Waals surface area (Å²) in [6.45, 7) is 2.71. The molecule has 1 saturated carbocycles. The van der Waals surface area contributed by atoms with Crippen molar-refractivity contribution in [2.75, 3.05) is 12.3 Å². The van der Waals surface area contributed by atoms with Gasteiger partial charge in [0.1, 0.15) is 0 Å². The van der Waals surface area contributed by atoms with Crippen molar-refractivity contribution < 1.29 is 4.79 Å². The number of nitrogens with zero attached hydrogens (tertiary/aromatic N) is 4. The highest BCUT2D eigenvalue weighted by Crippen LogP contribution is 2.36. The third-order valence-corrected chi connectivity index (χ3v) is 5.70. The molecule has 1 N–H and O–H groups in total. The second kappa shape index (κ2) is 8.65. The van der Waals surface area contributed by atoms with E-state index in [4.69, 9.17) is 0 Å². The minimum Gasteiger partial charge on any atom is -0.350 e. The van der Waals surface area contributed by atoms with Gasteiger partial charge in [-0.1, -0.05) is 19.1 Å². The molecular formula is C21H23N5O2S. The van der Waals surface area contributed by atoms with E-state index in [1.807, 2.05) is 36.4 Å². The van der Waals surface area contributed by atoms with Gasteiger partial charge in [-0.2, -0.15) is 0 Å². The van der Waals surface area contributed by atoms with Crippen molar-refractivity contribution in [3.8, 4) is 11.4 Å². The van der Waals surface area contributed by atoms with E-state index in [0.29, 0.717) is 24.5 Å². The van der Waals surface area contributed by atoms with Gasteiger partial charge in [-0.25, -0.2) is 9.48 Å². The summed E-state index contributed by atoms with van der Waals surface area (Å²) in [5, 5.41) is 7.44. The number of hydrogen-bond donors (Lipinski definition) is 1. The first kappa shape index (κ1) is 19.4. The normalized spacial score (nSPS) is 13.4. The highest BCUT2D eigenvalue weighted by molar-refractivity contribution is 7.99. The van der Waals surface area contributed by atoms with Crippen LogP contribution in [0.2, 0.25) is 0 Å². The molecule has 0 spiro atoms. The molecule has 0 saturated heterocycles. The second-order valence-electron chi connectivity index (χ2n) is 6.86. The summed E-state index contributed by atoms with van der Waals surface area (Å²) in [7, 11) is 0. The summed E-state index contributed by atoms with van der Waals surface area (Å²) in [6.07, 6.45) is 5.39. The molecule has 1 aliphatic rings. The average Bonchev–Trinajstić information content (AvgIpc) is 3.53. The predicted molar refractivity (Wildman–Crippen MR) is 113 cm³/mol. The molecule has 1 aliphatic carbocycles. The van der Waals surface area contributed by atoms with E-state index in [9.17, 15) is 9.59 Å². The highest BCUT2D eigenvalue weighted by atomic mass is 32.2. The predicted octanol–water partition coefficient (Wildman–Crippen LogP) is 2.98. The molecule has 0 radical (unpaired) electrons. The molecule has 0 atom stereocenters. The van der Waals surface area contributed by atoms with Crippen LogP contribution in [0, 0.1) is 0 Å². The van der Waals surface area contributed by atoms with Gasteiger partial charge in [-0.05, 0) is 42.9 Å². The van der Waals surface area contributed by atoms with Gasteiger partial charge in [0.15, 0.2) is 5.82 Å². The van der Waals surface area contributed by atoms with E-state index >= 15 is 0 Å². The lowest BCUT2D eigenvalue weighted by Gasteiger charge is -2.09. The van der Waals surface area contributed by atoms with Crippen LogP contribution >= 0.6 is 11.8 Å². The molecule has 4 rings (SSSR count). The van der Waals surface area contributed by atoms with Gasteiger partial charge in [0.05, 0.1) is 12.1 Å². The SMILES string of the molecule is CCSc1ccccc1C(=O)NCCn1nc(-c2cccnc2)n(C2CC2)c1=O. The first-order valence-electron chi connectivity index (χ1n) is 9.78. The number of aromatic nitrogens is 4. The molecule has 0 unspecified atom stereocenters. The van der Waals surface area contributed by atoms with Crippen molar-refractivity contribution in [3.63, 3.8) is 0 Å². The lowest BCUT2D eigenvalue weighted by atomic mass is 10.2. The summed E-state index contributed by atoms with van der Waals surface area (Å²) >= 11 is 1.64. The van der Waals surface area contributed by atoms with E-state index < -0.39 is 0 Å². The van der Waals surface area contributed by atoms with Crippen molar-refractivity contribution in [2.45, 2.75) is 37.2 Å². The number of carbonyl (C=O) groups is 1. The number of amides is 1. The third-order valence-electron chi connectivity index (χ3n) is 4.74. The van der Waals surface area contributed by atoms with E-state index in [1.54, 1.807) is 28.7 Å². The summed E-state index contributed by atoms with van der Waals surface area (Å²) in [4.78, 5) is 30.5. The lowest BCUT2D eigenvalue weighted by molar-refractivity contribution is 0.0949. The molecule has 1 aromatic carbocycles. The molecule has 8 heteroatoms. The van der Waals surface area contributed by atoms with E-state index in [1.165, 1.54) is 4.68 Å². The van der Waals surface area contributed by atoms with Gasteiger partial charge in [0, 0.05) is 35.4 Å². The fourth-order valence-electron chi connectivity index (χ4n) is 3.23. The number of rotatable bonds is 8. The van der Waals surface area contributed by atoms with Crippen molar-refractivity contribution in [1.29, 1.82) is 0 Å². The summed E-state index contributed by atoms with van der Waals surface area (Å²) in [6, 6.07) is 11.5. The van der Waals surface area contributed by atoms with Crippen molar-refractivity contribution in [1.82, 2.24) is 24.6 Å². The zero-order valence-corrected chi connectivity index (χ0v) is 17.1. The maximum absolute atomic E-state index is 12.9. The smallest absolute Gasteiger partial charge is 0.346 e. The van der Waals surface area contributed by atoms with E-state index in [2.05, 4.69) is 22.3 Å². The summed E-state index contributed by atoms with van der Waals surface area (Å²) in [5.74, 6) is 1.40. The van der Waals surface area contributed by atoms with Crippen LogP contribution in [0.4, 0.5) is 0 Å². The highest BCUT2D eigenvalue weighted by Gasteiger charge is 2.30.